The van der Waals surface area contributed by atoms with Crippen LogP contribution in [0.3, 0.4) is 0 Å². The molecule has 0 radical (unpaired) electrons. The first-order chi connectivity index (χ1) is 8.38. The second-order valence-electron chi connectivity index (χ2n) is 5.24. The summed E-state index contributed by atoms with van der Waals surface area (Å²) in [5.41, 5.74) is 1.60. The summed E-state index contributed by atoms with van der Waals surface area (Å²) in [6, 6.07) is 9.82. The minimum atomic E-state index is 0.767. The van der Waals surface area contributed by atoms with Gasteiger partial charge in [-0.3, -0.25) is 4.90 Å². The number of hydrogen-bond donors (Lipinski definition) is 0. The Bertz CT molecular complexity index is 390. The van der Waals surface area contributed by atoms with E-state index in [9.17, 15) is 0 Å². The molecule has 0 amide bonds. The van der Waals surface area contributed by atoms with Gasteiger partial charge in [-0.25, -0.2) is 0 Å². The molecular weight excluding hydrogens is 226 g/mol. The molecule has 2 aliphatic heterocycles. The standard InChI is InChI=1S/C15H21NS/c1-2-13-6-5-9-16(13)10-12-11-17-15-8-4-3-7-14(12)15/h3-4,7-8,12-13H,2,5-6,9-11H2,1H3. The molecule has 17 heavy (non-hydrogen) atoms. The Hall–Kier alpha value is -0.470. The lowest BCUT2D eigenvalue weighted by molar-refractivity contribution is 0.238. The Balaban J connectivity index is 1.71. The molecule has 1 nitrogen and oxygen atoms in total. The summed E-state index contributed by atoms with van der Waals surface area (Å²) in [7, 11) is 0. The van der Waals surface area contributed by atoms with Crippen molar-refractivity contribution in [2.75, 3.05) is 18.8 Å². The fraction of sp³-hybridized carbons (Fsp3) is 0.600. The molecule has 1 fully saturated rings. The maximum absolute atomic E-state index is 2.73. The van der Waals surface area contributed by atoms with Crippen LogP contribution in [0, 0.1) is 0 Å². The average molecular weight is 247 g/mol. The molecule has 0 N–H and O–H groups in total. The lowest BCUT2D eigenvalue weighted by Crippen LogP contribution is -2.33. The normalized spacial score (nSPS) is 28.5. The fourth-order valence-corrected chi connectivity index (χ4v) is 4.50. The molecule has 1 aromatic rings. The van der Waals surface area contributed by atoms with Gasteiger partial charge in [0.25, 0.3) is 0 Å². The van der Waals surface area contributed by atoms with Crippen LogP contribution in [0.4, 0.5) is 0 Å². The first-order valence-electron chi connectivity index (χ1n) is 6.84. The second-order valence-corrected chi connectivity index (χ2v) is 6.31. The van der Waals surface area contributed by atoms with E-state index in [2.05, 4.69) is 36.1 Å². The molecule has 0 bridgehead atoms. The minimum absolute atomic E-state index is 0.767. The smallest absolute Gasteiger partial charge is 0.0108 e. The zero-order valence-corrected chi connectivity index (χ0v) is 11.4. The first-order valence-corrected chi connectivity index (χ1v) is 7.83. The Morgan fingerprint density at radius 1 is 1.35 bits per heavy atom. The first kappa shape index (κ1) is 11.6. The van der Waals surface area contributed by atoms with Gasteiger partial charge in [0, 0.05) is 29.2 Å². The van der Waals surface area contributed by atoms with Crippen LogP contribution in [0.5, 0.6) is 0 Å². The molecule has 2 atom stereocenters. The van der Waals surface area contributed by atoms with Gasteiger partial charge in [-0.1, -0.05) is 25.1 Å². The van der Waals surface area contributed by atoms with Crippen LogP contribution < -0.4 is 0 Å². The molecule has 0 aromatic heterocycles. The second kappa shape index (κ2) is 5.03. The van der Waals surface area contributed by atoms with E-state index >= 15 is 0 Å². The fourth-order valence-electron chi connectivity index (χ4n) is 3.26. The summed E-state index contributed by atoms with van der Waals surface area (Å²) in [5.74, 6) is 2.05. The molecule has 0 aliphatic carbocycles. The molecule has 92 valence electrons. The van der Waals surface area contributed by atoms with Crippen LogP contribution in [0.2, 0.25) is 0 Å². The predicted molar refractivity (Wildman–Crippen MR) is 74.8 cm³/mol. The van der Waals surface area contributed by atoms with Crippen molar-refractivity contribution in [1.29, 1.82) is 0 Å². The largest absolute Gasteiger partial charge is 0.300 e. The van der Waals surface area contributed by atoms with Gasteiger partial charge in [0.2, 0.25) is 0 Å². The van der Waals surface area contributed by atoms with Crippen molar-refractivity contribution in [2.45, 2.75) is 43.0 Å². The number of benzene rings is 1. The maximum atomic E-state index is 2.73. The Kier molecular flexibility index (Phi) is 3.44. The third-order valence-electron chi connectivity index (χ3n) is 4.22. The number of fused-ring (bicyclic) bond motifs is 1. The highest BCUT2D eigenvalue weighted by atomic mass is 32.2. The minimum Gasteiger partial charge on any atom is -0.300 e. The monoisotopic (exact) mass is 247 g/mol. The Labute approximate surface area is 109 Å². The highest BCUT2D eigenvalue weighted by Gasteiger charge is 2.29. The maximum Gasteiger partial charge on any atom is 0.0108 e. The SMILES string of the molecule is CCC1CCCN1CC1CSc2ccccc21. The molecule has 2 heterocycles. The van der Waals surface area contributed by atoms with Gasteiger partial charge in [-0.2, -0.15) is 0 Å². The number of hydrogen-bond acceptors (Lipinski definition) is 2. The summed E-state index contributed by atoms with van der Waals surface area (Å²) in [6.45, 7) is 4.94. The zero-order valence-electron chi connectivity index (χ0n) is 10.6. The van der Waals surface area contributed by atoms with Gasteiger partial charge in [-0.15, -0.1) is 11.8 Å². The van der Waals surface area contributed by atoms with E-state index in [1.165, 1.54) is 43.0 Å². The van der Waals surface area contributed by atoms with E-state index in [0.717, 1.165) is 12.0 Å². The predicted octanol–water partition coefficient (Wildman–Crippen LogP) is 3.75. The average Bonchev–Trinajstić information content (AvgIpc) is 2.97. The van der Waals surface area contributed by atoms with E-state index in [4.69, 9.17) is 0 Å². The van der Waals surface area contributed by atoms with Gasteiger partial charge in [0.1, 0.15) is 0 Å². The number of rotatable bonds is 3. The summed E-state index contributed by atoms with van der Waals surface area (Å²) in [4.78, 5) is 4.25. The van der Waals surface area contributed by atoms with Crippen LogP contribution >= 0.6 is 11.8 Å². The van der Waals surface area contributed by atoms with E-state index < -0.39 is 0 Å². The van der Waals surface area contributed by atoms with Crippen LogP contribution in [0.1, 0.15) is 37.7 Å². The van der Waals surface area contributed by atoms with E-state index in [-0.39, 0.29) is 0 Å². The van der Waals surface area contributed by atoms with Gasteiger partial charge >= 0.3 is 0 Å². The van der Waals surface area contributed by atoms with E-state index in [1.54, 1.807) is 5.56 Å². The van der Waals surface area contributed by atoms with Crippen molar-refractivity contribution in [2.24, 2.45) is 0 Å². The Morgan fingerprint density at radius 3 is 3.12 bits per heavy atom. The van der Waals surface area contributed by atoms with Gasteiger partial charge < -0.3 is 0 Å². The molecule has 2 heteroatoms. The quantitative estimate of drug-likeness (QED) is 0.800. The third-order valence-corrected chi connectivity index (χ3v) is 5.48. The zero-order chi connectivity index (χ0) is 11.7. The van der Waals surface area contributed by atoms with Crippen LogP contribution in [-0.2, 0) is 0 Å². The number of thioether (sulfide) groups is 1. The topological polar surface area (TPSA) is 3.24 Å². The van der Waals surface area contributed by atoms with Crippen molar-refractivity contribution in [3.05, 3.63) is 29.8 Å². The van der Waals surface area contributed by atoms with Crippen LogP contribution in [-0.4, -0.2) is 29.8 Å². The van der Waals surface area contributed by atoms with Crippen molar-refractivity contribution in [3.8, 4) is 0 Å². The lowest BCUT2D eigenvalue weighted by atomic mass is 10.0. The van der Waals surface area contributed by atoms with E-state index in [0.29, 0.717) is 0 Å². The summed E-state index contributed by atoms with van der Waals surface area (Å²) in [6.07, 6.45) is 4.14. The van der Waals surface area contributed by atoms with Crippen molar-refractivity contribution < 1.29 is 0 Å². The van der Waals surface area contributed by atoms with Gasteiger partial charge in [0.05, 0.1) is 0 Å². The summed E-state index contributed by atoms with van der Waals surface area (Å²) in [5, 5.41) is 0. The highest BCUT2D eigenvalue weighted by molar-refractivity contribution is 7.99. The molecule has 1 saturated heterocycles. The molecule has 0 spiro atoms. The molecule has 0 saturated carbocycles. The van der Waals surface area contributed by atoms with Crippen LogP contribution in [0.25, 0.3) is 0 Å². The van der Waals surface area contributed by atoms with Gasteiger partial charge in [0.15, 0.2) is 0 Å². The van der Waals surface area contributed by atoms with Gasteiger partial charge in [-0.05, 0) is 37.4 Å². The summed E-state index contributed by atoms with van der Waals surface area (Å²) >= 11 is 2.04. The molecule has 1 aromatic carbocycles. The number of nitrogens with zero attached hydrogens (tertiary/aromatic N) is 1. The molecule has 2 aliphatic rings. The Morgan fingerprint density at radius 2 is 2.24 bits per heavy atom. The highest BCUT2D eigenvalue weighted by Crippen LogP contribution is 2.40. The molecule has 2 unspecified atom stereocenters. The molecular formula is C15H21NS. The van der Waals surface area contributed by atoms with Crippen molar-refractivity contribution in [1.82, 2.24) is 4.90 Å². The third kappa shape index (κ3) is 2.25. The summed E-state index contributed by atoms with van der Waals surface area (Å²) < 4.78 is 0. The van der Waals surface area contributed by atoms with Crippen molar-refractivity contribution >= 4 is 11.8 Å². The van der Waals surface area contributed by atoms with Crippen LogP contribution in [0.15, 0.2) is 29.2 Å². The lowest BCUT2D eigenvalue weighted by Gasteiger charge is -2.26. The molecule has 3 rings (SSSR count). The van der Waals surface area contributed by atoms with Crippen molar-refractivity contribution in [3.63, 3.8) is 0 Å². The number of likely N-dealkylation sites (tertiary alicyclic amines) is 1. The van der Waals surface area contributed by atoms with E-state index in [1.807, 2.05) is 11.8 Å².